The Hall–Kier alpha value is -1.56. The van der Waals surface area contributed by atoms with Crippen LogP contribution in [0.2, 0.25) is 0 Å². The highest BCUT2D eigenvalue weighted by molar-refractivity contribution is 7.98. The Labute approximate surface area is 120 Å². The first-order valence-electron chi connectivity index (χ1n) is 6.40. The summed E-state index contributed by atoms with van der Waals surface area (Å²) in [6.45, 7) is 0. The van der Waals surface area contributed by atoms with Crippen LogP contribution in [0.3, 0.4) is 0 Å². The zero-order valence-electron chi connectivity index (χ0n) is 11.1. The first-order valence-corrected chi connectivity index (χ1v) is 7.62. The molecule has 2 rings (SSSR count). The molecule has 20 heavy (non-hydrogen) atoms. The van der Waals surface area contributed by atoms with Gasteiger partial charge in [-0.25, -0.2) is 4.39 Å². The molecule has 0 aliphatic heterocycles. The molecule has 0 saturated heterocycles. The molecule has 2 atom stereocenters. The molecule has 4 nitrogen and oxygen atoms in total. The van der Waals surface area contributed by atoms with E-state index in [1.165, 1.54) is 30.0 Å². The van der Waals surface area contributed by atoms with Gasteiger partial charge < -0.3 is 10.4 Å². The second-order valence-corrected chi connectivity index (χ2v) is 5.65. The highest BCUT2D eigenvalue weighted by Gasteiger charge is 2.34. The van der Waals surface area contributed by atoms with Gasteiger partial charge in [0.25, 0.3) is 5.91 Å². The minimum Gasteiger partial charge on any atom is -0.481 e. The maximum absolute atomic E-state index is 13.4. The molecular formula is C14H16FNO3S. The topological polar surface area (TPSA) is 66.4 Å². The van der Waals surface area contributed by atoms with Crippen molar-refractivity contribution in [2.45, 2.75) is 30.2 Å². The molecule has 0 unspecified atom stereocenters. The summed E-state index contributed by atoms with van der Waals surface area (Å²) >= 11 is 1.23. The standard InChI is InChI=1S/C14H16FNO3S/c1-20-12-7-8(5-6-10(12)15)13(17)16-11-4-2-3-9(11)14(18)19/h5-7,9,11H,2-4H2,1H3,(H,16,17)(H,18,19)/t9-,11+/m0/s1. The predicted octanol–water partition coefficient (Wildman–Crippen LogP) is 2.53. The zero-order valence-corrected chi connectivity index (χ0v) is 11.9. The third-order valence-electron chi connectivity index (χ3n) is 3.56. The summed E-state index contributed by atoms with van der Waals surface area (Å²) in [4.78, 5) is 23.6. The van der Waals surface area contributed by atoms with Crippen molar-refractivity contribution in [2.75, 3.05) is 6.26 Å². The van der Waals surface area contributed by atoms with Crippen molar-refractivity contribution >= 4 is 23.6 Å². The number of amides is 1. The number of hydrogen-bond acceptors (Lipinski definition) is 3. The Morgan fingerprint density at radius 1 is 1.40 bits per heavy atom. The van der Waals surface area contributed by atoms with Crippen molar-refractivity contribution in [3.8, 4) is 0 Å². The molecule has 1 aliphatic rings. The van der Waals surface area contributed by atoms with E-state index in [4.69, 9.17) is 5.11 Å². The number of nitrogens with one attached hydrogen (secondary N) is 1. The van der Waals surface area contributed by atoms with Crippen molar-refractivity contribution in [3.05, 3.63) is 29.6 Å². The monoisotopic (exact) mass is 297 g/mol. The lowest BCUT2D eigenvalue weighted by atomic mass is 10.0. The van der Waals surface area contributed by atoms with E-state index in [-0.39, 0.29) is 17.8 Å². The smallest absolute Gasteiger partial charge is 0.308 e. The van der Waals surface area contributed by atoms with E-state index in [0.29, 0.717) is 23.3 Å². The van der Waals surface area contributed by atoms with Gasteiger partial charge in [0, 0.05) is 16.5 Å². The fraction of sp³-hybridized carbons (Fsp3) is 0.429. The molecule has 1 amide bonds. The molecule has 1 aromatic carbocycles. The van der Waals surface area contributed by atoms with Crippen LogP contribution in [0.1, 0.15) is 29.6 Å². The van der Waals surface area contributed by atoms with Crippen LogP contribution in [0.5, 0.6) is 0 Å². The Balaban J connectivity index is 2.10. The molecule has 0 bridgehead atoms. The van der Waals surface area contributed by atoms with E-state index in [9.17, 15) is 14.0 Å². The molecule has 0 spiro atoms. The number of thioether (sulfide) groups is 1. The number of benzene rings is 1. The van der Waals surface area contributed by atoms with E-state index in [1.54, 1.807) is 6.26 Å². The van der Waals surface area contributed by atoms with Crippen molar-refractivity contribution < 1.29 is 19.1 Å². The van der Waals surface area contributed by atoms with Gasteiger partial charge in [-0.05, 0) is 37.3 Å². The molecule has 108 valence electrons. The number of rotatable bonds is 4. The highest BCUT2D eigenvalue weighted by Crippen LogP contribution is 2.26. The SMILES string of the molecule is CSc1cc(C(=O)N[C@@H]2CCC[C@@H]2C(=O)O)ccc1F. The molecule has 1 saturated carbocycles. The van der Waals surface area contributed by atoms with E-state index >= 15 is 0 Å². The van der Waals surface area contributed by atoms with E-state index in [0.717, 1.165) is 6.42 Å². The average Bonchev–Trinajstić information content (AvgIpc) is 2.87. The molecule has 0 aromatic heterocycles. The summed E-state index contributed by atoms with van der Waals surface area (Å²) in [5.41, 5.74) is 0.354. The fourth-order valence-electron chi connectivity index (χ4n) is 2.48. The number of hydrogen-bond donors (Lipinski definition) is 2. The highest BCUT2D eigenvalue weighted by atomic mass is 32.2. The van der Waals surface area contributed by atoms with E-state index in [1.807, 2.05) is 0 Å². The maximum Gasteiger partial charge on any atom is 0.308 e. The fourth-order valence-corrected chi connectivity index (χ4v) is 2.99. The van der Waals surface area contributed by atoms with Gasteiger partial charge in [-0.3, -0.25) is 9.59 Å². The van der Waals surface area contributed by atoms with Gasteiger partial charge in [-0.15, -0.1) is 11.8 Å². The van der Waals surface area contributed by atoms with Gasteiger partial charge in [0.1, 0.15) is 5.82 Å². The van der Waals surface area contributed by atoms with Crippen LogP contribution in [-0.2, 0) is 4.79 Å². The Bertz CT molecular complexity index is 535. The third kappa shape index (κ3) is 3.12. The van der Waals surface area contributed by atoms with Gasteiger partial charge in [0.2, 0.25) is 0 Å². The molecule has 1 aliphatic carbocycles. The largest absolute Gasteiger partial charge is 0.481 e. The summed E-state index contributed by atoms with van der Waals surface area (Å²) in [6, 6.07) is 3.81. The number of aliphatic carboxylic acids is 1. The molecule has 0 radical (unpaired) electrons. The molecular weight excluding hydrogens is 281 g/mol. The van der Waals surface area contributed by atoms with Gasteiger partial charge in [-0.2, -0.15) is 0 Å². The maximum atomic E-state index is 13.4. The Morgan fingerprint density at radius 3 is 2.80 bits per heavy atom. The van der Waals surface area contributed by atoms with Crippen molar-refractivity contribution in [1.82, 2.24) is 5.32 Å². The minimum atomic E-state index is -0.878. The molecule has 1 aromatic rings. The quantitative estimate of drug-likeness (QED) is 0.838. The number of carboxylic acid groups (broad SMARTS) is 1. The summed E-state index contributed by atoms with van der Waals surface area (Å²) in [5, 5.41) is 11.8. The Kier molecular flexibility index (Phi) is 4.65. The Morgan fingerprint density at radius 2 is 2.15 bits per heavy atom. The number of halogens is 1. The van der Waals surface area contributed by atoms with Crippen molar-refractivity contribution in [1.29, 1.82) is 0 Å². The third-order valence-corrected chi connectivity index (χ3v) is 4.32. The number of carboxylic acids is 1. The van der Waals surface area contributed by atoms with Crippen LogP contribution < -0.4 is 5.32 Å². The summed E-state index contributed by atoms with van der Waals surface area (Å²) in [5.74, 6) is -2.12. The first-order chi connectivity index (χ1) is 9.52. The summed E-state index contributed by atoms with van der Waals surface area (Å²) < 4.78 is 13.4. The minimum absolute atomic E-state index is 0.345. The lowest BCUT2D eigenvalue weighted by Crippen LogP contribution is -2.40. The zero-order chi connectivity index (χ0) is 14.7. The molecule has 0 heterocycles. The van der Waals surface area contributed by atoms with E-state index in [2.05, 4.69) is 5.32 Å². The van der Waals surface area contributed by atoms with Gasteiger partial charge in [-0.1, -0.05) is 6.42 Å². The number of carbonyl (C=O) groups is 2. The van der Waals surface area contributed by atoms with Gasteiger partial charge in [0.15, 0.2) is 0 Å². The summed E-state index contributed by atoms with van der Waals surface area (Å²) in [7, 11) is 0. The molecule has 6 heteroatoms. The molecule has 2 N–H and O–H groups in total. The lowest BCUT2D eigenvalue weighted by Gasteiger charge is -2.17. The van der Waals surface area contributed by atoms with E-state index < -0.39 is 11.9 Å². The normalized spacial score (nSPS) is 21.7. The first kappa shape index (κ1) is 14.8. The van der Waals surface area contributed by atoms with Crippen molar-refractivity contribution in [2.24, 2.45) is 5.92 Å². The summed E-state index contributed by atoms with van der Waals surface area (Å²) in [6.07, 6.45) is 3.78. The van der Waals surface area contributed by atoms with Crippen LogP contribution >= 0.6 is 11.8 Å². The second-order valence-electron chi connectivity index (χ2n) is 4.80. The van der Waals surface area contributed by atoms with Crippen LogP contribution in [0.4, 0.5) is 4.39 Å². The van der Waals surface area contributed by atoms with Gasteiger partial charge in [0.05, 0.1) is 5.92 Å². The van der Waals surface area contributed by atoms with Crippen LogP contribution in [-0.4, -0.2) is 29.3 Å². The lowest BCUT2D eigenvalue weighted by molar-refractivity contribution is -0.142. The van der Waals surface area contributed by atoms with Gasteiger partial charge >= 0.3 is 5.97 Å². The van der Waals surface area contributed by atoms with Crippen LogP contribution in [0.15, 0.2) is 23.1 Å². The number of carbonyl (C=O) groups excluding carboxylic acids is 1. The molecule has 1 fully saturated rings. The van der Waals surface area contributed by atoms with Crippen LogP contribution in [0.25, 0.3) is 0 Å². The average molecular weight is 297 g/mol. The predicted molar refractivity (Wildman–Crippen MR) is 74.4 cm³/mol. The van der Waals surface area contributed by atoms with Crippen molar-refractivity contribution in [3.63, 3.8) is 0 Å². The second kappa shape index (κ2) is 6.26. The van der Waals surface area contributed by atoms with Crippen LogP contribution in [0, 0.1) is 11.7 Å².